The molecule has 0 spiro atoms. The number of rotatable bonds is 2. The highest BCUT2D eigenvalue weighted by Crippen LogP contribution is 2.16. The molecule has 0 unspecified atom stereocenters. The molecule has 0 atom stereocenters. The van der Waals surface area contributed by atoms with Crippen molar-refractivity contribution in [2.24, 2.45) is 0 Å². The van der Waals surface area contributed by atoms with E-state index in [2.05, 4.69) is 4.94 Å². The van der Waals surface area contributed by atoms with Gasteiger partial charge in [0.1, 0.15) is 0 Å². The molecule has 0 aliphatic rings. The summed E-state index contributed by atoms with van der Waals surface area (Å²) >= 11 is 0. The quantitative estimate of drug-likeness (QED) is 0.735. The minimum absolute atomic E-state index is 0.228. The Labute approximate surface area is 83.6 Å². The molecule has 1 aromatic rings. The van der Waals surface area contributed by atoms with Crippen LogP contribution in [0.5, 0.6) is 0 Å². The van der Waals surface area contributed by atoms with E-state index in [-0.39, 0.29) is 10.5 Å². The highest BCUT2D eigenvalue weighted by atomic mass is 35.7. The van der Waals surface area contributed by atoms with Crippen LogP contribution in [0.4, 0.5) is 4.53 Å². The van der Waals surface area contributed by atoms with Gasteiger partial charge < -0.3 is 0 Å². The Morgan fingerprint density at radius 1 is 1.43 bits per heavy atom. The lowest BCUT2D eigenvalue weighted by atomic mass is 10.2. The highest BCUT2D eigenvalue weighted by Gasteiger charge is 2.14. The first-order valence-electron chi connectivity index (χ1n) is 3.33. The van der Waals surface area contributed by atoms with Gasteiger partial charge >= 0.3 is 5.97 Å². The Bertz CT molecular complexity index is 457. The molecule has 0 aliphatic carbocycles. The van der Waals surface area contributed by atoms with Crippen molar-refractivity contribution in [2.45, 2.75) is 4.90 Å². The van der Waals surface area contributed by atoms with Crippen molar-refractivity contribution in [1.82, 2.24) is 0 Å². The molecule has 0 aliphatic heterocycles. The molecule has 76 valence electrons. The first-order chi connectivity index (χ1) is 6.45. The molecule has 4 nitrogen and oxygen atoms in total. The van der Waals surface area contributed by atoms with Crippen LogP contribution in [0, 0.1) is 0 Å². The van der Waals surface area contributed by atoms with Crippen molar-refractivity contribution in [2.75, 3.05) is 0 Å². The number of benzene rings is 1. The van der Waals surface area contributed by atoms with Crippen LogP contribution in [0.25, 0.3) is 0 Å². The molecule has 0 fully saturated rings. The van der Waals surface area contributed by atoms with Crippen molar-refractivity contribution in [1.29, 1.82) is 0 Å². The maximum Gasteiger partial charge on any atom is 0.379 e. The van der Waals surface area contributed by atoms with Gasteiger partial charge in [0.25, 0.3) is 9.05 Å². The average molecular weight is 239 g/mol. The fourth-order valence-corrected chi connectivity index (χ4v) is 1.62. The molecular weight excluding hydrogens is 235 g/mol. The SMILES string of the molecule is O=C(OF)c1cccc(S(=O)(=O)Cl)c1. The smallest absolute Gasteiger partial charge is 0.249 e. The normalized spacial score (nSPS) is 11.0. The second kappa shape index (κ2) is 3.93. The van der Waals surface area contributed by atoms with E-state index in [0.29, 0.717) is 0 Å². The predicted molar refractivity (Wildman–Crippen MR) is 46.0 cm³/mol. The van der Waals surface area contributed by atoms with Crippen LogP contribution < -0.4 is 0 Å². The largest absolute Gasteiger partial charge is 0.379 e. The molecule has 0 bridgehead atoms. The van der Waals surface area contributed by atoms with Gasteiger partial charge in [0.15, 0.2) is 0 Å². The van der Waals surface area contributed by atoms with Crippen molar-refractivity contribution < 1.29 is 22.7 Å². The molecule has 0 amide bonds. The Balaban J connectivity index is 3.21. The molecule has 0 saturated heterocycles. The third-order valence-corrected chi connectivity index (χ3v) is 2.77. The summed E-state index contributed by atoms with van der Waals surface area (Å²) in [5.74, 6) is -1.27. The predicted octanol–water partition coefficient (Wildman–Crippen LogP) is 1.66. The van der Waals surface area contributed by atoms with Crippen LogP contribution >= 0.6 is 10.7 Å². The molecule has 7 heteroatoms. The average Bonchev–Trinajstić information content (AvgIpc) is 2.15. The maximum atomic E-state index is 11.5. The minimum Gasteiger partial charge on any atom is -0.249 e. The summed E-state index contributed by atoms with van der Waals surface area (Å²) in [6.07, 6.45) is 0. The number of carbonyl (C=O) groups is 1. The molecule has 14 heavy (non-hydrogen) atoms. The monoisotopic (exact) mass is 238 g/mol. The van der Waals surface area contributed by atoms with Crippen LogP contribution in [0.2, 0.25) is 0 Å². The lowest BCUT2D eigenvalue weighted by Crippen LogP contribution is -2.00. The number of hydrogen-bond donors (Lipinski definition) is 0. The number of hydrogen-bond acceptors (Lipinski definition) is 4. The summed E-state index contributed by atoms with van der Waals surface area (Å²) in [5, 5.41) is 0. The van der Waals surface area contributed by atoms with Gasteiger partial charge in [-0.15, -0.1) is 0 Å². The summed E-state index contributed by atoms with van der Waals surface area (Å²) in [4.78, 5) is 13.3. The van der Waals surface area contributed by atoms with Gasteiger partial charge in [0.05, 0.1) is 10.5 Å². The lowest BCUT2D eigenvalue weighted by molar-refractivity contribution is -0.0788. The van der Waals surface area contributed by atoms with E-state index in [1.807, 2.05) is 0 Å². The Hall–Kier alpha value is -1.14. The zero-order chi connectivity index (χ0) is 10.8. The Kier molecular flexibility index (Phi) is 3.07. The van der Waals surface area contributed by atoms with Gasteiger partial charge in [-0.25, -0.2) is 18.2 Å². The van der Waals surface area contributed by atoms with E-state index in [1.165, 1.54) is 18.2 Å². The van der Waals surface area contributed by atoms with Gasteiger partial charge in [-0.05, 0) is 18.2 Å². The van der Waals surface area contributed by atoms with Gasteiger partial charge in [0, 0.05) is 15.2 Å². The zero-order valence-corrected chi connectivity index (χ0v) is 8.18. The van der Waals surface area contributed by atoms with Gasteiger partial charge in [0.2, 0.25) is 0 Å². The molecule has 1 aromatic carbocycles. The topological polar surface area (TPSA) is 60.4 Å². The Morgan fingerprint density at radius 3 is 2.57 bits per heavy atom. The highest BCUT2D eigenvalue weighted by molar-refractivity contribution is 8.13. The molecule has 0 radical (unpaired) electrons. The van der Waals surface area contributed by atoms with Crippen LogP contribution in [0.1, 0.15) is 10.4 Å². The van der Waals surface area contributed by atoms with Gasteiger partial charge in [-0.2, -0.15) is 0 Å². The van der Waals surface area contributed by atoms with Gasteiger partial charge in [-0.1, -0.05) is 6.07 Å². The van der Waals surface area contributed by atoms with E-state index in [1.54, 1.807) is 0 Å². The van der Waals surface area contributed by atoms with Crippen LogP contribution in [-0.2, 0) is 14.0 Å². The maximum absolute atomic E-state index is 11.5. The minimum atomic E-state index is -3.93. The van der Waals surface area contributed by atoms with Crippen LogP contribution in [-0.4, -0.2) is 14.4 Å². The van der Waals surface area contributed by atoms with Crippen LogP contribution in [0.3, 0.4) is 0 Å². The molecule has 0 N–H and O–H groups in total. The summed E-state index contributed by atoms with van der Waals surface area (Å²) in [6, 6.07) is 4.55. The molecule has 0 aromatic heterocycles. The summed E-state index contributed by atoms with van der Waals surface area (Å²) < 4.78 is 33.1. The van der Waals surface area contributed by atoms with E-state index >= 15 is 0 Å². The van der Waals surface area contributed by atoms with Crippen molar-refractivity contribution >= 4 is 25.7 Å². The second-order valence-electron chi connectivity index (χ2n) is 2.33. The number of carbonyl (C=O) groups excluding carboxylic acids is 1. The standard InChI is InChI=1S/C7H4ClFO4S/c8-14(11,12)6-3-1-2-5(4-6)7(10)13-9/h1-4H. The number of halogens is 2. The van der Waals surface area contributed by atoms with Gasteiger partial charge in [-0.3, -0.25) is 0 Å². The van der Waals surface area contributed by atoms with Crippen molar-refractivity contribution in [3.8, 4) is 0 Å². The fourth-order valence-electron chi connectivity index (χ4n) is 0.819. The first-order valence-corrected chi connectivity index (χ1v) is 5.64. The fraction of sp³-hybridized carbons (Fsp3) is 0. The van der Waals surface area contributed by atoms with E-state index < -0.39 is 15.0 Å². The van der Waals surface area contributed by atoms with E-state index in [4.69, 9.17) is 10.7 Å². The van der Waals surface area contributed by atoms with E-state index in [9.17, 15) is 17.7 Å². The lowest BCUT2D eigenvalue weighted by Gasteiger charge is -1.97. The summed E-state index contributed by atoms with van der Waals surface area (Å²) in [5.41, 5.74) is -0.228. The first kappa shape index (κ1) is 10.9. The zero-order valence-electron chi connectivity index (χ0n) is 6.61. The summed E-state index contributed by atoms with van der Waals surface area (Å²) in [6.45, 7) is 0. The van der Waals surface area contributed by atoms with Crippen molar-refractivity contribution in [3.05, 3.63) is 29.8 Å². The molecular formula is C7H4ClFO4S. The second-order valence-corrected chi connectivity index (χ2v) is 4.90. The molecule has 1 rings (SSSR count). The van der Waals surface area contributed by atoms with Crippen molar-refractivity contribution in [3.63, 3.8) is 0 Å². The third kappa shape index (κ3) is 2.43. The van der Waals surface area contributed by atoms with E-state index in [0.717, 1.165) is 6.07 Å². The molecule has 0 saturated carbocycles. The molecule has 0 heterocycles. The third-order valence-electron chi connectivity index (χ3n) is 1.42. The van der Waals surface area contributed by atoms with Crippen LogP contribution in [0.15, 0.2) is 29.2 Å². The summed E-state index contributed by atoms with van der Waals surface area (Å²) in [7, 11) is 1.08. The Morgan fingerprint density at radius 2 is 2.07 bits per heavy atom.